The molecule has 0 rings (SSSR count). The summed E-state index contributed by atoms with van der Waals surface area (Å²) in [6.07, 6.45) is 4.08. The second-order valence-electron chi connectivity index (χ2n) is 3.60. The van der Waals surface area contributed by atoms with Crippen molar-refractivity contribution >= 4 is 0 Å². The van der Waals surface area contributed by atoms with Gasteiger partial charge in [0.05, 0.1) is 0 Å². The fraction of sp³-hybridized carbons (Fsp3) is 1.00. The van der Waals surface area contributed by atoms with Gasteiger partial charge in [0, 0.05) is 13.1 Å². The largest absolute Gasteiger partial charge is 0.316 e. The average Bonchev–Trinajstić information content (AvgIpc) is 2.33. The molecule has 2 nitrogen and oxygen atoms in total. The van der Waals surface area contributed by atoms with Crippen LogP contribution >= 0.6 is 0 Å². The van der Waals surface area contributed by atoms with Crippen LogP contribution in [0.5, 0.6) is 0 Å². The zero-order valence-electron chi connectivity index (χ0n) is 12.9. The molecule has 0 atom stereocenters. The van der Waals surface area contributed by atoms with Crippen molar-refractivity contribution in [2.75, 3.05) is 33.2 Å². The summed E-state index contributed by atoms with van der Waals surface area (Å²) in [6, 6.07) is 0. The molecule has 0 aliphatic heterocycles. The van der Waals surface area contributed by atoms with Crippen LogP contribution in [0.2, 0.25) is 0 Å². The van der Waals surface area contributed by atoms with Gasteiger partial charge < -0.3 is 10.2 Å². The molecular formula is C14H36N2. The van der Waals surface area contributed by atoms with Crippen molar-refractivity contribution in [3.63, 3.8) is 0 Å². The summed E-state index contributed by atoms with van der Waals surface area (Å²) in [5.74, 6) is 0. The molecule has 1 N–H and O–H groups in total. The number of likely N-dealkylation sites (N-methyl/N-ethyl adjacent to an activating group) is 2. The number of unbranched alkanes of at least 4 members (excludes halogenated alkanes) is 2. The van der Waals surface area contributed by atoms with Gasteiger partial charge in [-0.05, 0) is 20.1 Å². The minimum atomic E-state index is 1.08. The molecule has 0 saturated carbocycles. The van der Waals surface area contributed by atoms with Gasteiger partial charge in [-0.25, -0.2) is 0 Å². The number of nitrogens with zero attached hydrogens (tertiary/aromatic N) is 1. The number of hydrogen-bond acceptors (Lipinski definition) is 2. The third-order valence-corrected chi connectivity index (χ3v) is 2.17. The Morgan fingerprint density at radius 2 is 1.44 bits per heavy atom. The Morgan fingerprint density at radius 1 is 0.938 bits per heavy atom. The normalized spacial score (nSPS) is 9.00. The van der Waals surface area contributed by atoms with Crippen LogP contribution < -0.4 is 5.32 Å². The van der Waals surface area contributed by atoms with E-state index in [4.69, 9.17) is 0 Å². The van der Waals surface area contributed by atoms with Gasteiger partial charge in [0.2, 0.25) is 0 Å². The smallest absolute Gasteiger partial charge is 0.0104 e. The first-order chi connectivity index (χ1) is 7.72. The third-order valence-electron chi connectivity index (χ3n) is 2.17. The molecule has 0 spiro atoms. The van der Waals surface area contributed by atoms with Crippen molar-refractivity contribution in [2.45, 2.75) is 60.8 Å². The van der Waals surface area contributed by atoms with E-state index in [1.54, 1.807) is 0 Å². The van der Waals surface area contributed by atoms with Crippen LogP contribution in [-0.2, 0) is 0 Å². The SMILES string of the molecule is CC.CCCCC.CCNCCN(C)CC. The van der Waals surface area contributed by atoms with E-state index < -0.39 is 0 Å². The lowest BCUT2D eigenvalue weighted by molar-refractivity contribution is 0.350. The summed E-state index contributed by atoms with van der Waals surface area (Å²) in [4.78, 5) is 2.29. The van der Waals surface area contributed by atoms with Crippen LogP contribution in [0, 0.1) is 0 Å². The molecule has 0 aromatic carbocycles. The fourth-order valence-electron chi connectivity index (χ4n) is 0.958. The van der Waals surface area contributed by atoms with Gasteiger partial charge in [0.15, 0.2) is 0 Å². The van der Waals surface area contributed by atoms with E-state index in [2.05, 4.69) is 45.0 Å². The zero-order valence-corrected chi connectivity index (χ0v) is 12.9. The van der Waals surface area contributed by atoms with Crippen molar-refractivity contribution in [3.8, 4) is 0 Å². The van der Waals surface area contributed by atoms with E-state index in [1.807, 2.05) is 13.8 Å². The van der Waals surface area contributed by atoms with Gasteiger partial charge in [-0.1, -0.05) is 60.8 Å². The van der Waals surface area contributed by atoms with Crippen molar-refractivity contribution in [3.05, 3.63) is 0 Å². The molecule has 16 heavy (non-hydrogen) atoms. The highest BCUT2D eigenvalue weighted by Crippen LogP contribution is 1.88. The minimum absolute atomic E-state index is 1.08. The average molecular weight is 232 g/mol. The summed E-state index contributed by atoms with van der Waals surface area (Å²) >= 11 is 0. The quantitative estimate of drug-likeness (QED) is 0.672. The first-order valence-corrected chi connectivity index (χ1v) is 7.12. The molecule has 0 unspecified atom stereocenters. The Hall–Kier alpha value is -0.0800. The molecule has 0 aromatic rings. The van der Waals surface area contributed by atoms with E-state index in [0.717, 1.165) is 26.2 Å². The lowest BCUT2D eigenvalue weighted by Gasteiger charge is -2.12. The maximum absolute atomic E-state index is 3.27. The minimum Gasteiger partial charge on any atom is -0.316 e. The van der Waals surface area contributed by atoms with E-state index >= 15 is 0 Å². The lowest BCUT2D eigenvalue weighted by Crippen LogP contribution is -2.28. The predicted molar refractivity (Wildman–Crippen MR) is 78.3 cm³/mol. The summed E-state index contributed by atoms with van der Waals surface area (Å²) in [5.41, 5.74) is 0. The first-order valence-electron chi connectivity index (χ1n) is 7.12. The maximum Gasteiger partial charge on any atom is 0.0104 e. The molecular weight excluding hydrogens is 196 g/mol. The molecule has 2 heteroatoms. The summed E-state index contributed by atoms with van der Waals surface area (Å²) in [7, 11) is 2.14. The molecule has 0 aliphatic carbocycles. The Kier molecular flexibility index (Phi) is 32.2. The van der Waals surface area contributed by atoms with Crippen LogP contribution in [0.25, 0.3) is 0 Å². The van der Waals surface area contributed by atoms with E-state index in [0.29, 0.717) is 0 Å². The Labute approximate surface area is 105 Å². The van der Waals surface area contributed by atoms with Gasteiger partial charge in [-0.2, -0.15) is 0 Å². The zero-order chi connectivity index (χ0) is 13.2. The summed E-state index contributed by atoms with van der Waals surface area (Å²) < 4.78 is 0. The molecule has 102 valence electrons. The highest BCUT2D eigenvalue weighted by Gasteiger charge is 1.90. The Bertz CT molecular complexity index is 82.8. The van der Waals surface area contributed by atoms with Crippen molar-refractivity contribution in [1.29, 1.82) is 0 Å². The lowest BCUT2D eigenvalue weighted by atomic mass is 10.3. The van der Waals surface area contributed by atoms with Gasteiger partial charge in [-0.3, -0.25) is 0 Å². The van der Waals surface area contributed by atoms with Crippen molar-refractivity contribution < 1.29 is 0 Å². The first kappa shape index (κ1) is 21.2. The third kappa shape index (κ3) is 29.2. The molecule has 0 fully saturated rings. The monoisotopic (exact) mass is 232 g/mol. The summed E-state index contributed by atoms with van der Waals surface area (Å²) in [6.45, 7) is 17.2. The maximum atomic E-state index is 3.27. The van der Waals surface area contributed by atoms with E-state index in [1.165, 1.54) is 19.3 Å². The number of rotatable bonds is 7. The standard InChI is InChI=1S/C7H18N2.C5H12.C2H6/c1-4-8-6-7-9(3)5-2;1-3-5-4-2;1-2/h8H,4-7H2,1-3H3;3-5H2,1-2H3;1-2H3. The fourth-order valence-corrected chi connectivity index (χ4v) is 0.958. The van der Waals surface area contributed by atoms with Gasteiger partial charge >= 0.3 is 0 Å². The second kappa shape index (κ2) is 24.2. The van der Waals surface area contributed by atoms with Gasteiger partial charge in [-0.15, -0.1) is 0 Å². The highest BCUT2D eigenvalue weighted by molar-refractivity contribution is 4.49. The van der Waals surface area contributed by atoms with Crippen molar-refractivity contribution in [1.82, 2.24) is 10.2 Å². The molecule has 0 aliphatic rings. The van der Waals surface area contributed by atoms with Crippen LogP contribution in [0.15, 0.2) is 0 Å². The summed E-state index contributed by atoms with van der Waals surface area (Å²) in [5, 5.41) is 3.27. The number of hydrogen-bond donors (Lipinski definition) is 1. The molecule has 0 aromatic heterocycles. The van der Waals surface area contributed by atoms with Crippen LogP contribution in [0.3, 0.4) is 0 Å². The van der Waals surface area contributed by atoms with Crippen LogP contribution in [0.4, 0.5) is 0 Å². The Balaban J connectivity index is -0.000000205. The van der Waals surface area contributed by atoms with Crippen molar-refractivity contribution in [2.24, 2.45) is 0 Å². The highest BCUT2D eigenvalue weighted by atomic mass is 15.1. The molecule has 0 radical (unpaired) electrons. The number of nitrogens with one attached hydrogen (secondary N) is 1. The van der Waals surface area contributed by atoms with E-state index in [-0.39, 0.29) is 0 Å². The molecule has 0 saturated heterocycles. The molecule has 0 amide bonds. The van der Waals surface area contributed by atoms with Gasteiger partial charge in [0.25, 0.3) is 0 Å². The van der Waals surface area contributed by atoms with E-state index in [9.17, 15) is 0 Å². The Morgan fingerprint density at radius 3 is 1.69 bits per heavy atom. The molecule has 0 bridgehead atoms. The van der Waals surface area contributed by atoms with Gasteiger partial charge in [0.1, 0.15) is 0 Å². The van der Waals surface area contributed by atoms with Crippen LogP contribution in [-0.4, -0.2) is 38.1 Å². The predicted octanol–water partition coefficient (Wildman–Crippen LogP) is 3.77. The molecule has 0 heterocycles. The topological polar surface area (TPSA) is 15.3 Å². The van der Waals surface area contributed by atoms with Crippen LogP contribution in [0.1, 0.15) is 60.8 Å². The second-order valence-corrected chi connectivity index (χ2v) is 3.60.